The van der Waals surface area contributed by atoms with Gasteiger partial charge in [0, 0.05) is 0 Å². The van der Waals surface area contributed by atoms with Crippen molar-refractivity contribution in [1.82, 2.24) is 0 Å². The first-order valence-corrected chi connectivity index (χ1v) is 1.41. The summed E-state index contributed by atoms with van der Waals surface area (Å²) in [7, 11) is 0. The first-order chi connectivity index (χ1) is 1.91. The normalized spacial score (nSPS) is 6.00. The summed E-state index contributed by atoms with van der Waals surface area (Å²) < 4.78 is 0. The van der Waals surface area contributed by atoms with Gasteiger partial charge in [-0.25, -0.2) is 0 Å². The molecule has 0 aromatic heterocycles. The fourth-order valence-electron chi connectivity index (χ4n) is 0. The van der Waals surface area contributed by atoms with E-state index in [0.29, 0.717) is 6.54 Å². The number of rotatable bonds is 1. The van der Waals surface area contributed by atoms with Crippen LogP contribution in [-0.4, -0.2) is 24.1 Å². The van der Waals surface area contributed by atoms with Gasteiger partial charge in [-0.15, -0.1) is 0 Å². The van der Waals surface area contributed by atoms with Gasteiger partial charge in [-0.2, -0.15) is 0 Å². The maximum atomic E-state index is 4.97. The van der Waals surface area contributed by atoms with Crippen LogP contribution in [0.1, 0.15) is 6.42 Å². The van der Waals surface area contributed by atoms with Gasteiger partial charge in [-0.3, -0.25) is 0 Å². The molecule has 0 aliphatic rings. The van der Waals surface area contributed by atoms with Gasteiger partial charge in [0.2, 0.25) is 0 Å². The van der Waals surface area contributed by atoms with Crippen molar-refractivity contribution in [1.29, 1.82) is 0 Å². The molecule has 0 unspecified atom stereocenters. The Labute approximate surface area is 43.9 Å². The second kappa shape index (κ2) is 8.82. The summed E-state index contributed by atoms with van der Waals surface area (Å²) in [5.41, 5.74) is 4.97. The molecular formula is C3H12GeN. The molecule has 0 atom stereocenters. The average molecular weight is 135 g/mol. The van der Waals surface area contributed by atoms with Crippen LogP contribution >= 0.6 is 0 Å². The number of hydrogen-bond donors (Lipinski definition) is 1. The van der Waals surface area contributed by atoms with Gasteiger partial charge in [-0.1, -0.05) is 6.92 Å². The Morgan fingerprint density at radius 3 is 1.80 bits per heavy atom. The quantitative estimate of drug-likeness (QED) is 0.445. The third-order valence-electron chi connectivity index (χ3n) is 0.204. The summed E-state index contributed by atoms with van der Waals surface area (Å²) in [5, 5.41) is 0. The van der Waals surface area contributed by atoms with E-state index in [9.17, 15) is 0 Å². The Kier molecular flexibility index (Phi) is 16.0. The molecule has 2 heteroatoms. The zero-order chi connectivity index (χ0) is 3.41. The molecule has 0 bridgehead atoms. The average Bonchev–Trinajstić information content (AvgIpc) is 1.37. The Balaban J connectivity index is 0. The molecule has 0 aliphatic carbocycles. The molecule has 0 saturated carbocycles. The Morgan fingerprint density at radius 2 is 1.80 bits per heavy atom. The fraction of sp³-hybridized carbons (Fsp3) is 0.667. The molecule has 2 N–H and O–H groups in total. The summed E-state index contributed by atoms with van der Waals surface area (Å²) in [4.78, 5) is 0. The first-order valence-electron chi connectivity index (χ1n) is 1.41. The van der Waals surface area contributed by atoms with Gasteiger partial charge in [0.25, 0.3) is 0 Å². The van der Waals surface area contributed by atoms with Crippen molar-refractivity contribution in [3.05, 3.63) is 6.92 Å². The van der Waals surface area contributed by atoms with E-state index >= 15 is 0 Å². The number of nitrogens with two attached hydrogens (primary N) is 1. The third kappa shape index (κ3) is 12.5. The molecule has 1 radical (unpaired) electrons. The topological polar surface area (TPSA) is 26.0 Å². The Bertz CT molecular complexity index is 8.85. The molecule has 0 amide bonds. The van der Waals surface area contributed by atoms with Gasteiger partial charge in [0.1, 0.15) is 0 Å². The summed E-state index contributed by atoms with van der Waals surface area (Å²) >= 11 is 0. The molecule has 0 heterocycles. The van der Waals surface area contributed by atoms with Crippen molar-refractivity contribution in [3.63, 3.8) is 0 Å². The fourth-order valence-corrected chi connectivity index (χ4v) is 0. The van der Waals surface area contributed by atoms with Gasteiger partial charge in [0.15, 0.2) is 0 Å². The molecule has 5 heavy (non-hydrogen) atoms. The van der Waals surface area contributed by atoms with Crippen LogP contribution < -0.4 is 5.73 Å². The van der Waals surface area contributed by atoms with E-state index in [0.717, 1.165) is 6.42 Å². The molecule has 0 rings (SSSR count). The second-order valence-corrected chi connectivity index (χ2v) is 0.642. The van der Waals surface area contributed by atoms with Crippen LogP contribution in [-0.2, 0) is 0 Å². The molecule has 0 aliphatic heterocycles. The zero-order valence-corrected chi connectivity index (χ0v) is 2.70. The van der Waals surface area contributed by atoms with E-state index in [-0.39, 0.29) is 17.6 Å². The van der Waals surface area contributed by atoms with Crippen LogP contribution in [0.15, 0.2) is 0 Å². The van der Waals surface area contributed by atoms with Crippen LogP contribution in [0.4, 0.5) is 0 Å². The van der Waals surface area contributed by atoms with Crippen molar-refractivity contribution in [3.8, 4) is 0 Å². The zero-order valence-electron chi connectivity index (χ0n) is 2.70. The van der Waals surface area contributed by atoms with E-state index in [1.54, 1.807) is 0 Å². The minimum atomic E-state index is 0. The summed E-state index contributed by atoms with van der Waals surface area (Å²) in [6.07, 6.45) is 0.847. The van der Waals surface area contributed by atoms with E-state index in [1.807, 2.05) is 0 Å². The summed E-state index contributed by atoms with van der Waals surface area (Å²) in [6, 6.07) is 0. The van der Waals surface area contributed by atoms with E-state index in [4.69, 9.17) is 5.73 Å². The Morgan fingerprint density at radius 1 is 1.60 bits per heavy atom. The molecule has 0 aromatic rings. The van der Waals surface area contributed by atoms with Gasteiger partial charge in [-0.05, 0) is 13.0 Å². The maximum absolute atomic E-state index is 4.97. The minimum absolute atomic E-state index is 0. The molecule has 0 aromatic carbocycles. The van der Waals surface area contributed by atoms with Crippen LogP contribution in [0.2, 0.25) is 0 Å². The van der Waals surface area contributed by atoms with Crippen LogP contribution in [0.5, 0.6) is 0 Å². The van der Waals surface area contributed by atoms with E-state index in [2.05, 4.69) is 6.92 Å². The standard InChI is InChI=1S/C3H8N.GeH4/c1-2-3-4;/h1-4H2;1H4. The monoisotopic (exact) mass is 136 g/mol. The predicted molar refractivity (Wildman–Crippen MR) is 30.4 cm³/mol. The first kappa shape index (κ1) is 9.09. The van der Waals surface area contributed by atoms with Crippen molar-refractivity contribution in [2.75, 3.05) is 6.54 Å². The molecule has 33 valence electrons. The Hall–Kier alpha value is 0.503. The molecule has 0 fully saturated rings. The summed E-state index contributed by atoms with van der Waals surface area (Å²) in [5.74, 6) is 0. The van der Waals surface area contributed by atoms with Crippen LogP contribution in [0.25, 0.3) is 0 Å². The molecular weight excluding hydrogens is 123 g/mol. The molecule has 0 saturated heterocycles. The van der Waals surface area contributed by atoms with Crippen molar-refractivity contribution in [2.45, 2.75) is 6.42 Å². The van der Waals surface area contributed by atoms with E-state index < -0.39 is 0 Å². The van der Waals surface area contributed by atoms with Crippen molar-refractivity contribution < 1.29 is 0 Å². The van der Waals surface area contributed by atoms with Crippen LogP contribution in [0, 0.1) is 6.92 Å². The van der Waals surface area contributed by atoms with Gasteiger partial charge < -0.3 is 5.73 Å². The van der Waals surface area contributed by atoms with Gasteiger partial charge in [0.05, 0.1) is 0 Å². The van der Waals surface area contributed by atoms with Gasteiger partial charge >= 0.3 is 17.6 Å². The van der Waals surface area contributed by atoms with E-state index in [1.165, 1.54) is 0 Å². The van der Waals surface area contributed by atoms with Crippen molar-refractivity contribution >= 4 is 17.6 Å². The van der Waals surface area contributed by atoms with Crippen LogP contribution in [0.3, 0.4) is 0 Å². The third-order valence-corrected chi connectivity index (χ3v) is 0.204. The van der Waals surface area contributed by atoms with Crippen molar-refractivity contribution in [2.24, 2.45) is 5.73 Å². The molecule has 0 spiro atoms. The SMILES string of the molecule is [CH2]CCN.[GeH4]. The molecule has 1 nitrogen and oxygen atoms in total. The number of hydrogen-bond acceptors (Lipinski definition) is 1. The predicted octanol–water partition coefficient (Wildman–Crippen LogP) is -1.28. The summed E-state index contributed by atoms with van der Waals surface area (Å²) in [6.45, 7) is 4.19. The second-order valence-electron chi connectivity index (χ2n) is 0.642.